The van der Waals surface area contributed by atoms with Gasteiger partial charge in [0, 0.05) is 56.9 Å². The number of amides is 1. The molecule has 172 valence electrons. The number of morpholine rings is 1. The van der Waals surface area contributed by atoms with E-state index in [-0.39, 0.29) is 36.3 Å². The van der Waals surface area contributed by atoms with Crippen LogP contribution in [0.4, 0.5) is 11.6 Å². The number of nitrogens with zero attached hydrogens (tertiary/aromatic N) is 4. The van der Waals surface area contributed by atoms with E-state index < -0.39 is 15.1 Å². The van der Waals surface area contributed by atoms with Gasteiger partial charge in [-0.3, -0.25) is 4.79 Å². The predicted molar refractivity (Wildman–Crippen MR) is 119 cm³/mol. The monoisotopic (exact) mass is 461 g/mol. The lowest BCUT2D eigenvalue weighted by Gasteiger charge is -2.39. The molecule has 1 amide bonds. The Labute approximate surface area is 187 Å². The number of benzene rings is 1. The maximum Gasteiger partial charge on any atom is 0.224 e. The Morgan fingerprint density at radius 3 is 2.50 bits per heavy atom. The van der Waals surface area contributed by atoms with E-state index in [2.05, 4.69) is 14.9 Å². The van der Waals surface area contributed by atoms with Crippen molar-refractivity contribution in [2.45, 2.75) is 16.6 Å². The van der Waals surface area contributed by atoms with Crippen molar-refractivity contribution in [3.05, 3.63) is 30.6 Å². The fourth-order valence-electron chi connectivity index (χ4n) is 3.78. The van der Waals surface area contributed by atoms with Gasteiger partial charge in [0.25, 0.3) is 0 Å². The second-order valence-corrected chi connectivity index (χ2v) is 10.1. The summed E-state index contributed by atoms with van der Waals surface area (Å²) in [6, 6.07) is 5.28. The Bertz CT molecular complexity index is 1060. The summed E-state index contributed by atoms with van der Waals surface area (Å²) in [5, 5.41) is -0.635. The first-order chi connectivity index (χ1) is 15.4. The van der Waals surface area contributed by atoms with Crippen molar-refractivity contribution in [3.8, 4) is 11.1 Å². The van der Waals surface area contributed by atoms with Crippen LogP contribution in [0.25, 0.3) is 11.1 Å². The second kappa shape index (κ2) is 9.39. The van der Waals surface area contributed by atoms with E-state index in [9.17, 15) is 13.2 Å². The number of aromatic nitrogens is 2. The zero-order chi connectivity index (χ0) is 22.7. The molecule has 2 aromatic rings. The maximum atomic E-state index is 13.4. The van der Waals surface area contributed by atoms with Gasteiger partial charge in [-0.1, -0.05) is 0 Å². The van der Waals surface area contributed by atoms with Gasteiger partial charge >= 0.3 is 0 Å². The minimum atomic E-state index is -3.64. The standard InChI is InChI=1S/C21H27N5O5S/c1-30-5-2-20(27)26-13-19(14-26)32(28,29)18-9-15(16-11-23-21(22)24-12-16)8-17(10-18)25-3-6-31-7-4-25/h8-12,19H,2-7,13-14H2,1H3,(H2,22,23,24). The fourth-order valence-corrected chi connectivity index (χ4v) is 5.50. The summed E-state index contributed by atoms with van der Waals surface area (Å²) in [6.07, 6.45) is 3.41. The molecule has 4 rings (SSSR count). The van der Waals surface area contributed by atoms with Crippen LogP contribution in [0, 0.1) is 0 Å². The molecule has 0 bridgehead atoms. The van der Waals surface area contributed by atoms with Crippen molar-refractivity contribution in [2.75, 3.05) is 63.7 Å². The zero-order valence-electron chi connectivity index (χ0n) is 17.9. The molecule has 0 radical (unpaired) electrons. The van der Waals surface area contributed by atoms with Crippen molar-refractivity contribution in [2.24, 2.45) is 0 Å². The molecule has 10 nitrogen and oxygen atoms in total. The van der Waals surface area contributed by atoms with Gasteiger partial charge in [0.2, 0.25) is 11.9 Å². The highest BCUT2D eigenvalue weighted by molar-refractivity contribution is 7.92. The van der Waals surface area contributed by atoms with Crippen molar-refractivity contribution >= 4 is 27.4 Å². The van der Waals surface area contributed by atoms with E-state index in [0.29, 0.717) is 44.0 Å². The average Bonchev–Trinajstić information content (AvgIpc) is 2.77. The molecule has 1 aromatic heterocycles. The van der Waals surface area contributed by atoms with Crippen molar-refractivity contribution < 1.29 is 22.7 Å². The van der Waals surface area contributed by atoms with E-state index >= 15 is 0 Å². The van der Waals surface area contributed by atoms with Crippen molar-refractivity contribution in [1.82, 2.24) is 14.9 Å². The molecule has 0 aliphatic carbocycles. The first-order valence-electron chi connectivity index (χ1n) is 10.4. The van der Waals surface area contributed by atoms with E-state index in [1.807, 2.05) is 6.07 Å². The summed E-state index contributed by atoms with van der Waals surface area (Å²) in [5.41, 5.74) is 7.77. The number of ether oxygens (including phenoxy) is 2. The molecule has 2 saturated heterocycles. The summed E-state index contributed by atoms with van der Waals surface area (Å²) in [6.45, 7) is 3.21. The van der Waals surface area contributed by atoms with Crippen LogP contribution < -0.4 is 10.6 Å². The van der Waals surface area contributed by atoms with Crippen molar-refractivity contribution in [3.63, 3.8) is 0 Å². The maximum absolute atomic E-state index is 13.4. The predicted octanol–water partition coefficient (Wildman–Crippen LogP) is 0.583. The number of hydrogen-bond acceptors (Lipinski definition) is 9. The Hall–Kier alpha value is -2.76. The lowest BCUT2D eigenvalue weighted by molar-refractivity contribution is -0.135. The molecule has 2 aliphatic rings. The molecular weight excluding hydrogens is 434 g/mol. The van der Waals surface area contributed by atoms with Crippen LogP contribution in [0.15, 0.2) is 35.5 Å². The smallest absolute Gasteiger partial charge is 0.224 e. The van der Waals surface area contributed by atoms with Crippen molar-refractivity contribution in [1.29, 1.82) is 0 Å². The number of likely N-dealkylation sites (tertiary alicyclic amines) is 1. The third-order valence-electron chi connectivity index (χ3n) is 5.76. The Balaban J connectivity index is 1.62. The zero-order valence-corrected chi connectivity index (χ0v) is 18.8. The fraction of sp³-hybridized carbons (Fsp3) is 0.476. The van der Waals surface area contributed by atoms with Gasteiger partial charge in [0.05, 0.1) is 31.1 Å². The number of rotatable bonds is 7. The van der Waals surface area contributed by atoms with E-state index in [1.54, 1.807) is 29.4 Å². The van der Waals surface area contributed by atoms with Crippen LogP contribution in [-0.4, -0.2) is 87.6 Å². The number of anilines is 2. The van der Waals surface area contributed by atoms with Gasteiger partial charge in [-0.25, -0.2) is 18.4 Å². The normalized spacial score (nSPS) is 17.3. The highest BCUT2D eigenvalue weighted by Crippen LogP contribution is 2.32. The molecule has 0 atom stereocenters. The first-order valence-corrected chi connectivity index (χ1v) is 12.0. The first kappa shape index (κ1) is 22.4. The van der Waals surface area contributed by atoms with Crippen LogP contribution in [0.2, 0.25) is 0 Å². The largest absolute Gasteiger partial charge is 0.384 e. The summed E-state index contributed by atoms with van der Waals surface area (Å²) in [5.74, 6) is 0.0544. The number of nitrogens with two attached hydrogens (primary N) is 1. The summed E-state index contributed by atoms with van der Waals surface area (Å²) >= 11 is 0. The number of carbonyl (C=O) groups is 1. The van der Waals surface area contributed by atoms with Gasteiger partial charge in [0.1, 0.15) is 5.25 Å². The third-order valence-corrected chi connectivity index (χ3v) is 7.83. The molecule has 0 unspecified atom stereocenters. The molecule has 3 heterocycles. The van der Waals surface area contributed by atoms with Crippen LogP contribution in [0.3, 0.4) is 0 Å². The molecular formula is C21H27N5O5S. The van der Waals surface area contributed by atoms with E-state index in [1.165, 1.54) is 7.11 Å². The Morgan fingerprint density at radius 1 is 1.16 bits per heavy atom. The van der Waals surface area contributed by atoms with E-state index in [0.717, 1.165) is 5.69 Å². The van der Waals surface area contributed by atoms with Gasteiger partial charge in [0.15, 0.2) is 9.84 Å². The molecule has 1 aromatic carbocycles. The number of carbonyl (C=O) groups excluding carboxylic acids is 1. The van der Waals surface area contributed by atoms with Crippen LogP contribution in [0.5, 0.6) is 0 Å². The summed E-state index contributed by atoms with van der Waals surface area (Å²) in [7, 11) is -2.11. The summed E-state index contributed by atoms with van der Waals surface area (Å²) < 4.78 is 37.2. The molecule has 11 heteroatoms. The Kier molecular flexibility index (Phi) is 6.58. The quantitative estimate of drug-likeness (QED) is 0.630. The molecule has 0 spiro atoms. The highest BCUT2D eigenvalue weighted by Gasteiger charge is 2.40. The van der Waals surface area contributed by atoms with Gasteiger partial charge in [-0.15, -0.1) is 0 Å². The number of methoxy groups -OCH3 is 1. The SMILES string of the molecule is COCCC(=O)N1CC(S(=O)(=O)c2cc(-c3cnc(N)nc3)cc(N3CCOCC3)c2)C1. The average molecular weight is 462 g/mol. The minimum Gasteiger partial charge on any atom is -0.384 e. The van der Waals surface area contributed by atoms with Gasteiger partial charge in [-0.05, 0) is 23.8 Å². The van der Waals surface area contributed by atoms with Crippen LogP contribution >= 0.6 is 0 Å². The minimum absolute atomic E-state index is 0.0971. The van der Waals surface area contributed by atoms with Gasteiger partial charge < -0.3 is 25.0 Å². The van der Waals surface area contributed by atoms with E-state index in [4.69, 9.17) is 15.2 Å². The van der Waals surface area contributed by atoms with Crippen LogP contribution in [0.1, 0.15) is 6.42 Å². The summed E-state index contributed by atoms with van der Waals surface area (Å²) in [4.78, 5) is 24.1. The molecule has 2 fully saturated rings. The number of nitrogen functional groups attached to an aromatic ring is 1. The van der Waals surface area contributed by atoms with Gasteiger partial charge in [-0.2, -0.15) is 0 Å². The molecule has 0 saturated carbocycles. The molecule has 2 N–H and O–H groups in total. The second-order valence-electron chi connectivity index (χ2n) is 7.85. The number of sulfone groups is 1. The highest BCUT2D eigenvalue weighted by atomic mass is 32.2. The molecule has 2 aliphatic heterocycles. The topological polar surface area (TPSA) is 128 Å². The number of hydrogen-bond donors (Lipinski definition) is 1. The van der Waals surface area contributed by atoms with Crippen LogP contribution in [-0.2, 0) is 24.1 Å². The lowest BCUT2D eigenvalue weighted by atomic mass is 10.1. The molecule has 32 heavy (non-hydrogen) atoms. The lowest BCUT2D eigenvalue weighted by Crippen LogP contribution is -2.57. The third kappa shape index (κ3) is 4.69. The Morgan fingerprint density at radius 2 is 1.84 bits per heavy atom.